The first-order valence-electron chi connectivity index (χ1n) is 5.69. The Hall–Kier alpha value is -1.75. The zero-order chi connectivity index (χ0) is 13.3. The summed E-state index contributed by atoms with van der Waals surface area (Å²) in [6.07, 6.45) is 1.85. The molecule has 0 fully saturated rings. The van der Waals surface area contributed by atoms with Gasteiger partial charge in [-0.2, -0.15) is 5.10 Å². The fraction of sp³-hybridized carbons (Fsp3) is 0.308. The number of aryl methyl sites for hydroxylation is 2. The fourth-order valence-electron chi connectivity index (χ4n) is 1.75. The molecule has 0 aliphatic heterocycles. The van der Waals surface area contributed by atoms with Crippen molar-refractivity contribution < 1.29 is 13.9 Å². The SMILES string of the molecule is CCn1cc(C(O)c2ccc(C)c(F)c2F)cn1. The van der Waals surface area contributed by atoms with E-state index in [4.69, 9.17) is 0 Å². The first-order chi connectivity index (χ1) is 8.54. The Balaban J connectivity index is 2.39. The molecule has 0 bridgehead atoms. The van der Waals surface area contributed by atoms with Gasteiger partial charge >= 0.3 is 0 Å². The van der Waals surface area contributed by atoms with Gasteiger partial charge in [0.2, 0.25) is 0 Å². The molecule has 0 aliphatic rings. The van der Waals surface area contributed by atoms with Crippen LogP contribution in [-0.4, -0.2) is 14.9 Å². The van der Waals surface area contributed by atoms with Crippen molar-refractivity contribution in [3.05, 3.63) is 52.9 Å². The van der Waals surface area contributed by atoms with Crippen molar-refractivity contribution in [2.45, 2.75) is 26.5 Å². The molecule has 0 amide bonds. The van der Waals surface area contributed by atoms with E-state index in [0.717, 1.165) is 0 Å². The summed E-state index contributed by atoms with van der Waals surface area (Å²) in [6, 6.07) is 2.84. The summed E-state index contributed by atoms with van der Waals surface area (Å²) in [6.45, 7) is 4.02. The average molecular weight is 252 g/mol. The quantitative estimate of drug-likeness (QED) is 0.911. The molecule has 2 aromatic rings. The minimum absolute atomic E-state index is 0.0752. The Bertz CT molecular complexity index is 566. The van der Waals surface area contributed by atoms with Gasteiger partial charge in [-0.3, -0.25) is 4.68 Å². The highest BCUT2D eigenvalue weighted by atomic mass is 19.2. The summed E-state index contributed by atoms with van der Waals surface area (Å²) < 4.78 is 28.8. The van der Waals surface area contributed by atoms with Crippen LogP contribution in [0.1, 0.15) is 29.7 Å². The Labute approximate surface area is 104 Å². The molecular weight excluding hydrogens is 238 g/mol. The van der Waals surface area contributed by atoms with Crippen LogP contribution in [0.5, 0.6) is 0 Å². The van der Waals surface area contributed by atoms with Gasteiger partial charge in [-0.1, -0.05) is 12.1 Å². The third kappa shape index (κ3) is 2.13. The van der Waals surface area contributed by atoms with Gasteiger partial charge < -0.3 is 5.11 Å². The number of aromatic nitrogens is 2. The maximum absolute atomic E-state index is 13.7. The summed E-state index contributed by atoms with van der Waals surface area (Å²) in [5, 5.41) is 14.0. The van der Waals surface area contributed by atoms with Gasteiger partial charge in [0.1, 0.15) is 6.10 Å². The van der Waals surface area contributed by atoms with Crippen molar-refractivity contribution in [3.63, 3.8) is 0 Å². The van der Waals surface area contributed by atoms with Crippen LogP contribution >= 0.6 is 0 Å². The van der Waals surface area contributed by atoms with E-state index in [2.05, 4.69) is 5.10 Å². The summed E-state index contributed by atoms with van der Waals surface area (Å²) in [4.78, 5) is 0. The molecule has 1 aromatic heterocycles. The summed E-state index contributed by atoms with van der Waals surface area (Å²) in [5.74, 6) is -1.93. The van der Waals surface area contributed by atoms with E-state index in [1.165, 1.54) is 25.3 Å². The van der Waals surface area contributed by atoms with Gasteiger partial charge in [-0.05, 0) is 19.4 Å². The maximum atomic E-state index is 13.7. The standard InChI is InChI=1S/C13H14F2N2O/c1-3-17-7-9(6-16-17)13(18)10-5-4-8(2)11(14)12(10)15/h4-7,13,18H,3H2,1-2H3. The van der Waals surface area contributed by atoms with Crippen molar-refractivity contribution in [3.8, 4) is 0 Å². The lowest BCUT2D eigenvalue weighted by Gasteiger charge is -2.11. The molecule has 0 aliphatic carbocycles. The first kappa shape index (κ1) is 12.7. The number of aliphatic hydroxyl groups is 1. The van der Waals surface area contributed by atoms with Gasteiger partial charge in [0.15, 0.2) is 11.6 Å². The third-order valence-corrected chi connectivity index (χ3v) is 2.89. The second-order valence-corrected chi connectivity index (χ2v) is 4.13. The zero-order valence-electron chi connectivity index (χ0n) is 10.2. The predicted molar refractivity (Wildman–Crippen MR) is 63.1 cm³/mol. The monoisotopic (exact) mass is 252 g/mol. The number of halogens is 2. The van der Waals surface area contributed by atoms with E-state index in [1.54, 1.807) is 10.9 Å². The molecule has 1 unspecified atom stereocenters. The number of benzene rings is 1. The summed E-state index contributed by atoms with van der Waals surface area (Å²) in [5.41, 5.74) is 0.584. The Kier molecular flexibility index (Phi) is 3.43. The molecule has 0 spiro atoms. The molecule has 0 saturated heterocycles. The van der Waals surface area contributed by atoms with E-state index in [-0.39, 0.29) is 11.1 Å². The van der Waals surface area contributed by atoms with Crippen LogP contribution < -0.4 is 0 Å². The van der Waals surface area contributed by atoms with Crippen LogP contribution in [-0.2, 0) is 6.54 Å². The fourth-order valence-corrected chi connectivity index (χ4v) is 1.75. The largest absolute Gasteiger partial charge is 0.383 e. The Morgan fingerprint density at radius 2 is 2.06 bits per heavy atom. The minimum Gasteiger partial charge on any atom is -0.383 e. The number of nitrogens with zero attached hydrogens (tertiary/aromatic N) is 2. The normalized spacial score (nSPS) is 12.7. The van der Waals surface area contributed by atoms with Crippen LogP contribution in [0, 0.1) is 18.6 Å². The number of aliphatic hydroxyl groups excluding tert-OH is 1. The maximum Gasteiger partial charge on any atom is 0.165 e. The highest BCUT2D eigenvalue weighted by Gasteiger charge is 2.20. The minimum atomic E-state index is -1.21. The van der Waals surface area contributed by atoms with E-state index >= 15 is 0 Å². The second kappa shape index (κ2) is 4.86. The van der Waals surface area contributed by atoms with E-state index in [9.17, 15) is 13.9 Å². The van der Waals surface area contributed by atoms with Crippen LogP contribution in [0.2, 0.25) is 0 Å². The molecule has 2 rings (SSSR count). The molecule has 0 radical (unpaired) electrons. The van der Waals surface area contributed by atoms with Crippen molar-refractivity contribution in [2.24, 2.45) is 0 Å². The van der Waals surface area contributed by atoms with Crippen LogP contribution in [0.4, 0.5) is 8.78 Å². The molecule has 1 N–H and O–H groups in total. The van der Waals surface area contributed by atoms with Crippen molar-refractivity contribution >= 4 is 0 Å². The van der Waals surface area contributed by atoms with Gasteiger partial charge in [-0.25, -0.2) is 8.78 Å². The van der Waals surface area contributed by atoms with Gasteiger partial charge in [-0.15, -0.1) is 0 Å². The molecule has 1 aromatic carbocycles. The summed E-state index contributed by atoms with van der Waals surface area (Å²) in [7, 11) is 0. The highest BCUT2D eigenvalue weighted by Crippen LogP contribution is 2.26. The molecule has 1 atom stereocenters. The lowest BCUT2D eigenvalue weighted by Crippen LogP contribution is -2.04. The lowest BCUT2D eigenvalue weighted by molar-refractivity contribution is 0.213. The zero-order valence-corrected chi connectivity index (χ0v) is 10.2. The molecule has 5 heteroatoms. The number of rotatable bonds is 3. The molecule has 96 valence electrons. The van der Waals surface area contributed by atoms with E-state index < -0.39 is 17.7 Å². The van der Waals surface area contributed by atoms with Crippen molar-refractivity contribution in [1.82, 2.24) is 9.78 Å². The molecule has 1 heterocycles. The van der Waals surface area contributed by atoms with Gasteiger partial charge in [0.25, 0.3) is 0 Å². The van der Waals surface area contributed by atoms with Crippen LogP contribution in [0.25, 0.3) is 0 Å². The van der Waals surface area contributed by atoms with Crippen LogP contribution in [0.15, 0.2) is 24.5 Å². The Morgan fingerprint density at radius 1 is 1.33 bits per heavy atom. The predicted octanol–water partition coefficient (Wildman–Crippen LogP) is 2.57. The van der Waals surface area contributed by atoms with Crippen molar-refractivity contribution in [2.75, 3.05) is 0 Å². The number of hydrogen-bond donors (Lipinski definition) is 1. The van der Waals surface area contributed by atoms with E-state index in [1.807, 2.05) is 6.92 Å². The second-order valence-electron chi connectivity index (χ2n) is 4.13. The highest BCUT2D eigenvalue weighted by molar-refractivity contribution is 5.32. The lowest BCUT2D eigenvalue weighted by atomic mass is 10.0. The third-order valence-electron chi connectivity index (χ3n) is 2.89. The molecule has 0 saturated carbocycles. The van der Waals surface area contributed by atoms with E-state index in [0.29, 0.717) is 12.1 Å². The number of hydrogen-bond acceptors (Lipinski definition) is 2. The molecule has 18 heavy (non-hydrogen) atoms. The molecular formula is C13H14F2N2O. The topological polar surface area (TPSA) is 38.0 Å². The molecule has 3 nitrogen and oxygen atoms in total. The Morgan fingerprint density at radius 3 is 2.67 bits per heavy atom. The average Bonchev–Trinajstić information content (AvgIpc) is 2.84. The first-order valence-corrected chi connectivity index (χ1v) is 5.69. The smallest absolute Gasteiger partial charge is 0.165 e. The summed E-state index contributed by atoms with van der Waals surface area (Å²) >= 11 is 0. The van der Waals surface area contributed by atoms with Crippen LogP contribution in [0.3, 0.4) is 0 Å². The van der Waals surface area contributed by atoms with Crippen molar-refractivity contribution in [1.29, 1.82) is 0 Å². The van der Waals surface area contributed by atoms with Gasteiger partial charge in [0.05, 0.1) is 6.20 Å². The van der Waals surface area contributed by atoms with Gasteiger partial charge in [0, 0.05) is 23.9 Å².